The fourth-order valence-corrected chi connectivity index (χ4v) is 6.43. The van der Waals surface area contributed by atoms with E-state index in [9.17, 15) is 38.6 Å². The quantitative estimate of drug-likeness (QED) is 0.200. The molecule has 2 aromatic rings. The van der Waals surface area contributed by atoms with Crippen LogP contribution in [0.2, 0.25) is 0 Å². The van der Waals surface area contributed by atoms with Crippen molar-refractivity contribution in [2.24, 2.45) is 17.2 Å². The predicted molar refractivity (Wildman–Crippen MR) is 145 cm³/mol. The summed E-state index contributed by atoms with van der Waals surface area (Å²) in [4.78, 5) is 60.5. The molecule has 2 heterocycles. The van der Waals surface area contributed by atoms with Gasteiger partial charge in [-0.2, -0.15) is 0 Å². The molecule has 2 aliphatic rings. The Morgan fingerprint density at radius 1 is 1.12 bits per heavy atom. The van der Waals surface area contributed by atoms with Gasteiger partial charge in [0.2, 0.25) is 5.91 Å². The second kappa shape index (κ2) is 10.9. The number of allylic oxidation sites excluding steroid dienone is 2. The molecule has 0 bridgehead atoms. The van der Waals surface area contributed by atoms with Crippen LogP contribution in [0.3, 0.4) is 0 Å². The third-order valence-corrected chi connectivity index (χ3v) is 8.26. The zero-order valence-corrected chi connectivity index (χ0v) is 23.1. The van der Waals surface area contributed by atoms with Gasteiger partial charge in [0, 0.05) is 24.5 Å². The molecular formula is C26H26ClF2N5O9. The van der Waals surface area contributed by atoms with Crippen LogP contribution in [0.15, 0.2) is 42.0 Å². The maximum absolute atomic E-state index is 18.6. The second-order valence-corrected chi connectivity index (χ2v) is 10.4. The number of carboxylic acid groups (broad SMARTS) is 2. The topological polar surface area (TPSA) is 230 Å². The van der Waals surface area contributed by atoms with Crippen molar-refractivity contribution in [3.63, 3.8) is 0 Å². The average Bonchev–Trinajstić information content (AvgIpc) is 3.47. The molecule has 230 valence electrons. The fourth-order valence-electron chi connectivity index (χ4n) is 5.90. The number of likely N-dealkylation sites (tertiary alicyclic amines) is 1. The Morgan fingerprint density at radius 2 is 1.79 bits per heavy atom. The van der Waals surface area contributed by atoms with Crippen molar-refractivity contribution in [3.8, 4) is 5.75 Å². The molecule has 1 fully saturated rings. The molecule has 43 heavy (non-hydrogen) atoms. The Kier molecular flexibility index (Phi) is 7.88. The summed E-state index contributed by atoms with van der Waals surface area (Å²) in [6, 6.07) is 2.32. The molecule has 0 saturated carbocycles. The number of hydrogen-bond acceptors (Lipinski definition) is 7. The van der Waals surface area contributed by atoms with Crippen LogP contribution in [0, 0.1) is 0 Å². The average molecular weight is 626 g/mol. The van der Waals surface area contributed by atoms with Crippen molar-refractivity contribution in [1.29, 1.82) is 0 Å². The highest BCUT2D eigenvalue weighted by Crippen LogP contribution is 2.61. The largest absolute Gasteiger partial charge is 0.491 e. The van der Waals surface area contributed by atoms with Crippen LogP contribution < -0.4 is 21.9 Å². The second-order valence-electron chi connectivity index (χ2n) is 9.82. The number of fused-ring (bicyclic) bond motifs is 1. The standard InChI is InChI=1S/C26H26ClF2N5O9/c1-42-7-8-43-13-4-5-16-14(9-13)17(18(20(31)36)34(16)22(32)39)26(29)15(19(30)35)3-2-6-25(26,27)24(21(37)38)10-12(28)11-33(24)23(40)41/h2-6,9,12H,7-8,10-11H2,1H3,(H2,30,35)(H2,31,36)(H2,32,39)(H,37,38)(H,40,41)/t12-,24-,25?,26?/m1/s1. The van der Waals surface area contributed by atoms with E-state index in [0.29, 0.717) is 4.57 Å². The summed E-state index contributed by atoms with van der Waals surface area (Å²) in [7, 11) is 1.40. The predicted octanol–water partition coefficient (Wildman–Crippen LogP) is 1.36. The van der Waals surface area contributed by atoms with Crippen LogP contribution in [0.4, 0.5) is 18.4 Å². The Bertz CT molecular complexity index is 1630. The number of ether oxygens (including phenoxy) is 2. The minimum Gasteiger partial charge on any atom is -0.491 e. The van der Waals surface area contributed by atoms with E-state index in [1.54, 1.807) is 0 Å². The van der Waals surface area contributed by atoms with Gasteiger partial charge in [-0.3, -0.25) is 19.1 Å². The smallest absolute Gasteiger partial charge is 0.408 e. The lowest BCUT2D eigenvalue weighted by atomic mass is 9.63. The highest BCUT2D eigenvalue weighted by Gasteiger charge is 2.75. The summed E-state index contributed by atoms with van der Waals surface area (Å²) in [5.74, 6) is -5.05. The summed E-state index contributed by atoms with van der Waals surface area (Å²) in [5.41, 5.74) is 6.54. The van der Waals surface area contributed by atoms with E-state index < -0.39 is 82.0 Å². The van der Waals surface area contributed by atoms with Gasteiger partial charge in [0.15, 0.2) is 11.2 Å². The van der Waals surface area contributed by atoms with Gasteiger partial charge in [0.25, 0.3) is 5.91 Å². The van der Waals surface area contributed by atoms with E-state index in [0.717, 1.165) is 24.3 Å². The van der Waals surface area contributed by atoms with Crippen molar-refractivity contribution >= 4 is 52.4 Å². The minimum atomic E-state index is -3.78. The molecule has 4 atom stereocenters. The lowest BCUT2D eigenvalue weighted by molar-refractivity contribution is -0.153. The lowest BCUT2D eigenvalue weighted by Gasteiger charge is -2.51. The van der Waals surface area contributed by atoms with Crippen LogP contribution in [0.5, 0.6) is 5.75 Å². The molecule has 8 N–H and O–H groups in total. The zero-order valence-electron chi connectivity index (χ0n) is 22.4. The number of rotatable bonds is 9. The van der Waals surface area contributed by atoms with E-state index in [2.05, 4.69) is 0 Å². The summed E-state index contributed by atoms with van der Waals surface area (Å²) in [6.07, 6.45) is -2.81. The van der Waals surface area contributed by atoms with Crippen LogP contribution in [0.1, 0.15) is 22.5 Å². The third-order valence-electron chi connectivity index (χ3n) is 7.56. The molecule has 0 spiro atoms. The first-order chi connectivity index (χ1) is 20.1. The van der Waals surface area contributed by atoms with Gasteiger partial charge in [0.1, 0.15) is 29.1 Å². The normalized spacial score (nSPS) is 26.7. The highest BCUT2D eigenvalue weighted by atomic mass is 35.5. The van der Waals surface area contributed by atoms with Crippen LogP contribution in [-0.4, -0.2) is 93.0 Å². The van der Waals surface area contributed by atoms with Crippen molar-refractivity contribution in [2.75, 3.05) is 26.9 Å². The minimum absolute atomic E-state index is 0.0144. The number of amides is 4. The van der Waals surface area contributed by atoms with Gasteiger partial charge in [-0.1, -0.05) is 18.2 Å². The van der Waals surface area contributed by atoms with E-state index in [4.69, 9.17) is 38.3 Å². The van der Waals surface area contributed by atoms with Crippen molar-refractivity contribution in [3.05, 3.63) is 53.3 Å². The van der Waals surface area contributed by atoms with E-state index in [-0.39, 0.29) is 34.8 Å². The third kappa shape index (κ3) is 4.36. The van der Waals surface area contributed by atoms with Gasteiger partial charge >= 0.3 is 18.1 Å². The molecule has 1 aliphatic heterocycles. The molecule has 4 amide bonds. The Morgan fingerprint density at radius 3 is 2.33 bits per heavy atom. The molecule has 1 saturated heterocycles. The maximum Gasteiger partial charge on any atom is 0.408 e. The van der Waals surface area contributed by atoms with Gasteiger partial charge in [-0.15, -0.1) is 11.6 Å². The SMILES string of the molecule is COCCOc1ccc2c(c1)c(C1(F)C(C(N)=O)=CC=CC1(Cl)[C@]1(C(=O)O)C[C@@H](F)CN1C(=O)O)c(C(N)=O)n2C(N)=O. The van der Waals surface area contributed by atoms with Crippen molar-refractivity contribution < 1.29 is 52.4 Å². The molecule has 1 aromatic carbocycles. The summed E-state index contributed by atoms with van der Waals surface area (Å²) in [6.45, 7) is -0.925. The Balaban J connectivity index is 2.23. The first-order valence-corrected chi connectivity index (χ1v) is 12.8. The van der Waals surface area contributed by atoms with Crippen molar-refractivity contribution in [1.82, 2.24) is 9.47 Å². The molecular weight excluding hydrogens is 600 g/mol. The number of hydrogen-bond donors (Lipinski definition) is 5. The number of nitrogens with zero attached hydrogens (tertiary/aromatic N) is 2. The van der Waals surface area contributed by atoms with Gasteiger partial charge < -0.3 is 36.9 Å². The van der Waals surface area contributed by atoms with Gasteiger partial charge in [-0.25, -0.2) is 23.2 Å². The number of alkyl halides is 3. The number of primary amides is 3. The number of halogens is 3. The zero-order chi connectivity index (χ0) is 32.1. The Hall–Kier alpha value is -4.70. The van der Waals surface area contributed by atoms with Gasteiger partial charge in [-0.05, 0) is 18.2 Å². The lowest BCUT2D eigenvalue weighted by Crippen LogP contribution is -2.71. The summed E-state index contributed by atoms with van der Waals surface area (Å²) >= 11 is 6.94. The first-order valence-electron chi connectivity index (χ1n) is 12.5. The molecule has 4 rings (SSSR count). The van der Waals surface area contributed by atoms with E-state index >= 15 is 4.39 Å². The number of benzene rings is 1. The number of methoxy groups -OCH3 is 1. The first kappa shape index (κ1) is 31.2. The van der Waals surface area contributed by atoms with E-state index in [1.807, 2.05) is 0 Å². The number of aliphatic carboxylic acids is 1. The molecule has 1 aromatic heterocycles. The maximum atomic E-state index is 18.6. The summed E-state index contributed by atoms with van der Waals surface area (Å²) < 4.78 is 44.5. The number of nitrogens with two attached hydrogens (primary N) is 3. The molecule has 14 nitrogen and oxygen atoms in total. The molecule has 2 unspecified atom stereocenters. The number of carbonyl (C=O) groups is 5. The van der Waals surface area contributed by atoms with Crippen LogP contribution in [0.25, 0.3) is 10.9 Å². The molecule has 0 radical (unpaired) electrons. The number of carbonyl (C=O) groups excluding carboxylic acids is 3. The molecule has 17 heteroatoms. The fraction of sp³-hybridized carbons (Fsp3) is 0.346. The monoisotopic (exact) mass is 625 g/mol. The van der Waals surface area contributed by atoms with E-state index in [1.165, 1.54) is 19.2 Å². The number of aromatic nitrogens is 1. The number of carboxylic acids is 1. The van der Waals surface area contributed by atoms with Gasteiger partial charge in [0.05, 0.1) is 24.2 Å². The highest BCUT2D eigenvalue weighted by molar-refractivity contribution is 6.31. The van der Waals surface area contributed by atoms with Crippen molar-refractivity contribution in [2.45, 2.75) is 28.7 Å². The molecule has 1 aliphatic carbocycles. The van der Waals surface area contributed by atoms with Crippen LogP contribution in [-0.2, 0) is 20.0 Å². The summed E-state index contributed by atoms with van der Waals surface area (Å²) in [5, 5.41) is 20.0. The van der Waals surface area contributed by atoms with Crippen LogP contribution >= 0.6 is 11.6 Å². The Labute approximate surface area is 246 Å².